The van der Waals surface area contributed by atoms with E-state index < -0.39 is 23.0 Å². The second kappa shape index (κ2) is 11.4. The predicted octanol–water partition coefficient (Wildman–Crippen LogP) is 3.68. The van der Waals surface area contributed by atoms with Crippen molar-refractivity contribution in [3.05, 3.63) is 35.1 Å². The largest absolute Gasteiger partial charge is 0.416 e. The summed E-state index contributed by atoms with van der Waals surface area (Å²) in [6.07, 6.45) is -4.66. The van der Waals surface area contributed by atoms with Crippen molar-refractivity contribution in [2.75, 3.05) is 19.6 Å². The number of carbonyl (C=O) groups is 1. The molecule has 10 heteroatoms. The van der Waals surface area contributed by atoms with E-state index in [1.54, 1.807) is 20.8 Å². The molecule has 0 aliphatic carbocycles. The van der Waals surface area contributed by atoms with Crippen molar-refractivity contribution in [1.82, 2.24) is 16.0 Å². The van der Waals surface area contributed by atoms with Gasteiger partial charge in [-0.15, -0.1) is 24.0 Å². The van der Waals surface area contributed by atoms with Crippen LogP contribution in [0.25, 0.3) is 0 Å². The molecule has 5 nitrogen and oxygen atoms in total. The first-order valence-corrected chi connectivity index (χ1v) is 8.61. The van der Waals surface area contributed by atoms with Crippen LogP contribution in [-0.2, 0) is 17.5 Å². The number of guanidine groups is 1. The molecule has 28 heavy (non-hydrogen) atoms. The van der Waals surface area contributed by atoms with E-state index in [0.717, 1.165) is 12.1 Å². The van der Waals surface area contributed by atoms with Crippen LogP contribution in [0.3, 0.4) is 0 Å². The lowest BCUT2D eigenvalue weighted by atomic mass is 9.96. The van der Waals surface area contributed by atoms with E-state index in [-0.39, 0.29) is 42.0 Å². The Hall–Kier alpha value is -1.59. The number of nitrogens with zero attached hydrogens (tertiary/aromatic N) is 1. The van der Waals surface area contributed by atoms with E-state index >= 15 is 0 Å². The Morgan fingerprint density at radius 3 is 2.21 bits per heavy atom. The van der Waals surface area contributed by atoms with E-state index in [0.29, 0.717) is 31.7 Å². The zero-order chi connectivity index (χ0) is 20.7. The second-order valence-corrected chi connectivity index (χ2v) is 6.93. The predicted molar refractivity (Wildman–Crippen MR) is 112 cm³/mol. The fraction of sp³-hybridized carbons (Fsp3) is 0.556. The number of aliphatic imine (C=N–C) groups is 1. The van der Waals surface area contributed by atoms with E-state index in [1.165, 1.54) is 0 Å². The number of hydrogen-bond donors (Lipinski definition) is 3. The molecule has 0 saturated carbocycles. The quantitative estimate of drug-likeness (QED) is 0.177. The fourth-order valence-electron chi connectivity index (χ4n) is 2.08. The third kappa shape index (κ3) is 9.07. The van der Waals surface area contributed by atoms with Gasteiger partial charge in [0.15, 0.2) is 5.96 Å². The van der Waals surface area contributed by atoms with Gasteiger partial charge in [-0.05, 0) is 24.6 Å². The maximum atomic E-state index is 13.2. The molecule has 1 rings (SSSR count). The van der Waals surface area contributed by atoms with Crippen molar-refractivity contribution in [2.45, 2.75) is 40.4 Å². The molecule has 1 amide bonds. The average Bonchev–Trinajstić information content (AvgIpc) is 2.55. The minimum Gasteiger partial charge on any atom is -0.357 e. The first-order valence-electron chi connectivity index (χ1n) is 8.61. The lowest BCUT2D eigenvalue weighted by molar-refractivity contribution is -0.138. The Bertz CT molecular complexity index is 673. The molecule has 1 aromatic carbocycles. The summed E-state index contributed by atoms with van der Waals surface area (Å²) >= 11 is 0. The highest BCUT2D eigenvalue weighted by Crippen LogP contribution is 2.32. The van der Waals surface area contributed by atoms with Gasteiger partial charge in [0.1, 0.15) is 5.82 Å². The molecule has 0 atom stereocenters. The summed E-state index contributed by atoms with van der Waals surface area (Å²) in [6, 6.07) is 2.52. The van der Waals surface area contributed by atoms with Gasteiger partial charge >= 0.3 is 6.18 Å². The van der Waals surface area contributed by atoms with Crippen LogP contribution in [0, 0.1) is 11.2 Å². The number of benzene rings is 1. The van der Waals surface area contributed by atoms with Gasteiger partial charge in [0, 0.05) is 25.0 Å². The monoisotopic (exact) mass is 518 g/mol. The van der Waals surface area contributed by atoms with Crippen molar-refractivity contribution in [2.24, 2.45) is 10.4 Å². The van der Waals surface area contributed by atoms with Crippen LogP contribution in [0.2, 0.25) is 0 Å². The van der Waals surface area contributed by atoms with Crippen LogP contribution < -0.4 is 16.0 Å². The molecule has 0 unspecified atom stereocenters. The summed E-state index contributed by atoms with van der Waals surface area (Å²) in [6.45, 7) is 8.13. The van der Waals surface area contributed by atoms with Crippen molar-refractivity contribution in [1.29, 1.82) is 0 Å². The molecule has 0 saturated heterocycles. The van der Waals surface area contributed by atoms with Crippen molar-refractivity contribution in [3.63, 3.8) is 0 Å². The normalized spacial score (nSPS) is 12.2. The number of amides is 1. The van der Waals surface area contributed by atoms with Crippen LogP contribution >= 0.6 is 24.0 Å². The smallest absolute Gasteiger partial charge is 0.357 e. The van der Waals surface area contributed by atoms with Gasteiger partial charge in [-0.25, -0.2) is 9.38 Å². The van der Waals surface area contributed by atoms with E-state index in [4.69, 9.17) is 0 Å². The summed E-state index contributed by atoms with van der Waals surface area (Å²) in [5.74, 6) is -0.748. The van der Waals surface area contributed by atoms with E-state index in [9.17, 15) is 22.4 Å². The molecule has 0 aromatic heterocycles. The van der Waals surface area contributed by atoms with Gasteiger partial charge < -0.3 is 16.0 Å². The Morgan fingerprint density at radius 2 is 1.68 bits per heavy atom. The van der Waals surface area contributed by atoms with Gasteiger partial charge in [-0.3, -0.25) is 4.79 Å². The number of alkyl halides is 3. The molecule has 0 aliphatic heterocycles. The topological polar surface area (TPSA) is 65.5 Å². The zero-order valence-corrected chi connectivity index (χ0v) is 18.7. The Kier molecular flexibility index (Phi) is 10.8. The van der Waals surface area contributed by atoms with Crippen LogP contribution in [0.15, 0.2) is 23.2 Å². The highest BCUT2D eigenvalue weighted by molar-refractivity contribution is 14.0. The van der Waals surface area contributed by atoms with E-state index in [1.807, 2.05) is 6.92 Å². The molecule has 160 valence electrons. The summed E-state index contributed by atoms with van der Waals surface area (Å²) in [5.41, 5.74) is -1.67. The highest BCUT2D eigenvalue weighted by atomic mass is 127. The lowest BCUT2D eigenvalue weighted by Crippen LogP contribution is -2.43. The summed E-state index contributed by atoms with van der Waals surface area (Å²) in [7, 11) is 0. The molecular weight excluding hydrogens is 491 g/mol. The SMILES string of the molecule is CCNC(=NCc1ccc(F)cc1C(F)(F)F)NCCNC(=O)C(C)(C)C.I. The maximum Gasteiger partial charge on any atom is 0.416 e. The standard InChI is InChI=1S/C18H26F4N4O.HI/c1-5-23-16(25-9-8-24-15(27)17(2,3)4)26-11-12-6-7-13(19)10-14(12)18(20,21)22;/h6-7,10H,5,8-9,11H2,1-4H3,(H,24,27)(H2,23,25,26);1H. The Labute approximate surface area is 179 Å². The Morgan fingerprint density at radius 1 is 1.07 bits per heavy atom. The molecule has 0 bridgehead atoms. The van der Waals surface area contributed by atoms with Crippen LogP contribution in [0.5, 0.6) is 0 Å². The molecule has 0 aliphatic rings. The van der Waals surface area contributed by atoms with Crippen LogP contribution in [0.1, 0.15) is 38.8 Å². The molecular formula is C18H27F4IN4O. The van der Waals surface area contributed by atoms with Crippen molar-refractivity contribution >= 4 is 35.8 Å². The summed E-state index contributed by atoms with van der Waals surface area (Å²) in [5, 5.41) is 8.60. The summed E-state index contributed by atoms with van der Waals surface area (Å²) < 4.78 is 52.3. The number of halogens is 5. The molecule has 0 spiro atoms. The molecule has 3 N–H and O–H groups in total. The van der Waals surface area contributed by atoms with Crippen molar-refractivity contribution < 1.29 is 22.4 Å². The number of carbonyl (C=O) groups excluding carboxylic acids is 1. The molecule has 0 fully saturated rings. The van der Waals surface area contributed by atoms with Gasteiger partial charge in [0.25, 0.3) is 0 Å². The first kappa shape index (κ1) is 26.4. The van der Waals surface area contributed by atoms with Gasteiger partial charge in [-0.2, -0.15) is 13.2 Å². The number of hydrogen-bond acceptors (Lipinski definition) is 2. The molecule has 0 heterocycles. The van der Waals surface area contributed by atoms with Gasteiger partial charge in [0.2, 0.25) is 5.91 Å². The second-order valence-electron chi connectivity index (χ2n) is 6.93. The fourth-order valence-corrected chi connectivity index (χ4v) is 2.08. The maximum absolute atomic E-state index is 13.2. The van der Waals surface area contributed by atoms with Crippen LogP contribution in [-0.4, -0.2) is 31.5 Å². The van der Waals surface area contributed by atoms with Gasteiger partial charge in [0.05, 0.1) is 12.1 Å². The lowest BCUT2D eigenvalue weighted by Gasteiger charge is -2.18. The minimum absolute atomic E-state index is 0. The van der Waals surface area contributed by atoms with Gasteiger partial charge in [-0.1, -0.05) is 26.8 Å². The Balaban J connectivity index is 0.00000729. The highest BCUT2D eigenvalue weighted by Gasteiger charge is 2.33. The number of nitrogens with one attached hydrogen (secondary N) is 3. The average molecular weight is 518 g/mol. The van der Waals surface area contributed by atoms with E-state index in [2.05, 4.69) is 20.9 Å². The number of rotatable bonds is 6. The minimum atomic E-state index is -4.66. The third-order valence-corrected chi connectivity index (χ3v) is 3.51. The van der Waals surface area contributed by atoms with Crippen molar-refractivity contribution in [3.8, 4) is 0 Å². The zero-order valence-electron chi connectivity index (χ0n) is 16.3. The van der Waals surface area contributed by atoms with Crippen LogP contribution in [0.4, 0.5) is 17.6 Å². The molecule has 0 radical (unpaired) electrons. The third-order valence-electron chi connectivity index (χ3n) is 3.51. The molecule has 1 aromatic rings. The summed E-state index contributed by atoms with van der Waals surface area (Å²) in [4.78, 5) is 15.9. The first-order chi connectivity index (χ1) is 12.4.